The molecule has 1 aromatic heterocycles. The van der Waals surface area contributed by atoms with E-state index in [-0.39, 0.29) is 0 Å². The lowest BCUT2D eigenvalue weighted by atomic mass is 10.1. The molecule has 3 rings (SSSR count). The van der Waals surface area contributed by atoms with Crippen molar-refractivity contribution in [1.29, 1.82) is 0 Å². The van der Waals surface area contributed by atoms with Gasteiger partial charge >= 0.3 is 0 Å². The maximum atomic E-state index is 11.2. The van der Waals surface area contributed by atoms with Crippen LogP contribution in [0.1, 0.15) is 10.4 Å². The van der Waals surface area contributed by atoms with Crippen LogP contribution in [0.5, 0.6) is 11.6 Å². The van der Waals surface area contributed by atoms with Gasteiger partial charge in [-0.15, -0.1) is 0 Å². The van der Waals surface area contributed by atoms with E-state index in [1.54, 1.807) is 6.07 Å². The maximum absolute atomic E-state index is 11.2. The van der Waals surface area contributed by atoms with Crippen LogP contribution in [0.25, 0.3) is 10.8 Å². The lowest BCUT2D eigenvalue weighted by Crippen LogP contribution is -2.10. The molecule has 0 radical (unpaired) electrons. The zero-order valence-electron chi connectivity index (χ0n) is 10.9. The van der Waals surface area contributed by atoms with E-state index in [1.165, 1.54) is 12.3 Å². The smallest absolute Gasteiger partial charge is 0.248 e. The molecule has 2 aromatic carbocycles. The number of nitrogens with zero attached hydrogens (tertiary/aromatic N) is 1. The molecule has 2 N–H and O–H groups in total. The molecule has 0 aliphatic heterocycles. The number of aromatic nitrogens is 1. The van der Waals surface area contributed by atoms with E-state index >= 15 is 0 Å². The monoisotopic (exact) mass is 342 g/mol. The van der Waals surface area contributed by atoms with E-state index < -0.39 is 5.91 Å². The highest BCUT2D eigenvalue weighted by Gasteiger charge is 2.09. The Morgan fingerprint density at radius 1 is 1.14 bits per heavy atom. The molecule has 0 atom stereocenters. The number of pyridine rings is 1. The van der Waals surface area contributed by atoms with Crippen LogP contribution in [-0.2, 0) is 0 Å². The molecule has 0 unspecified atom stereocenters. The third-order valence-corrected chi connectivity index (χ3v) is 3.88. The van der Waals surface area contributed by atoms with Crippen LogP contribution in [0, 0.1) is 0 Å². The molecular formula is C16H11BrN2O2. The Labute approximate surface area is 129 Å². The summed E-state index contributed by atoms with van der Waals surface area (Å²) in [5.74, 6) is 0.435. The summed E-state index contributed by atoms with van der Waals surface area (Å²) in [5.41, 5.74) is 5.61. The lowest BCUT2D eigenvalue weighted by molar-refractivity contribution is 0.1000. The van der Waals surface area contributed by atoms with Crippen LogP contribution in [0.3, 0.4) is 0 Å². The van der Waals surface area contributed by atoms with Gasteiger partial charge in [-0.3, -0.25) is 4.79 Å². The first kappa shape index (κ1) is 13.6. The third kappa shape index (κ3) is 2.73. The number of ether oxygens (including phenoxy) is 1. The first-order valence-electron chi connectivity index (χ1n) is 6.26. The fourth-order valence-electron chi connectivity index (χ4n) is 2.02. The Hall–Kier alpha value is -2.40. The Bertz CT molecular complexity index is 833. The van der Waals surface area contributed by atoms with Gasteiger partial charge in [0.1, 0.15) is 5.75 Å². The summed E-state index contributed by atoms with van der Waals surface area (Å²) in [6.07, 6.45) is 1.49. The number of rotatable bonds is 3. The van der Waals surface area contributed by atoms with Gasteiger partial charge in [-0.25, -0.2) is 4.98 Å². The minimum absolute atomic E-state index is 0.322. The lowest BCUT2D eigenvalue weighted by Gasteiger charge is -2.09. The van der Waals surface area contributed by atoms with E-state index in [1.807, 2.05) is 36.4 Å². The SMILES string of the molecule is NC(=O)c1ccnc(Oc2ccc3ccccc3c2Br)c1. The quantitative estimate of drug-likeness (QED) is 0.785. The van der Waals surface area contributed by atoms with Crippen LogP contribution >= 0.6 is 15.9 Å². The number of carbonyl (C=O) groups excluding carboxylic acids is 1. The summed E-state index contributed by atoms with van der Waals surface area (Å²) in [7, 11) is 0. The minimum atomic E-state index is -0.514. The summed E-state index contributed by atoms with van der Waals surface area (Å²) < 4.78 is 6.58. The van der Waals surface area contributed by atoms with Crippen molar-refractivity contribution in [3.8, 4) is 11.6 Å². The molecule has 0 spiro atoms. The maximum Gasteiger partial charge on any atom is 0.248 e. The second-order valence-corrected chi connectivity index (χ2v) is 5.24. The molecule has 0 saturated heterocycles. The number of halogens is 1. The van der Waals surface area contributed by atoms with Crippen LogP contribution in [-0.4, -0.2) is 10.9 Å². The molecule has 1 amide bonds. The van der Waals surface area contributed by atoms with E-state index in [2.05, 4.69) is 20.9 Å². The minimum Gasteiger partial charge on any atom is -0.438 e. The number of carbonyl (C=O) groups is 1. The van der Waals surface area contributed by atoms with Gasteiger partial charge in [0.2, 0.25) is 11.8 Å². The summed E-state index contributed by atoms with van der Waals surface area (Å²) in [5, 5.41) is 2.15. The molecular weight excluding hydrogens is 332 g/mol. The highest BCUT2D eigenvalue weighted by Crippen LogP contribution is 2.35. The van der Waals surface area contributed by atoms with E-state index in [4.69, 9.17) is 10.5 Å². The molecule has 1 heterocycles. The number of fused-ring (bicyclic) bond motifs is 1. The van der Waals surface area contributed by atoms with Gasteiger partial charge in [0.25, 0.3) is 0 Å². The summed E-state index contributed by atoms with van der Waals surface area (Å²) >= 11 is 3.54. The molecule has 21 heavy (non-hydrogen) atoms. The Morgan fingerprint density at radius 2 is 1.95 bits per heavy atom. The average molecular weight is 343 g/mol. The topological polar surface area (TPSA) is 65.2 Å². The largest absolute Gasteiger partial charge is 0.438 e. The van der Waals surface area contributed by atoms with Gasteiger partial charge < -0.3 is 10.5 Å². The Kier molecular flexibility index (Phi) is 3.58. The second-order valence-electron chi connectivity index (χ2n) is 4.45. The van der Waals surface area contributed by atoms with Gasteiger partial charge in [-0.2, -0.15) is 0 Å². The molecule has 0 fully saturated rings. The molecule has 104 valence electrons. The van der Waals surface area contributed by atoms with Gasteiger partial charge in [0.15, 0.2) is 0 Å². The Morgan fingerprint density at radius 3 is 2.76 bits per heavy atom. The third-order valence-electron chi connectivity index (χ3n) is 3.06. The van der Waals surface area contributed by atoms with Gasteiger partial charge in [0, 0.05) is 17.8 Å². The van der Waals surface area contributed by atoms with Crippen LogP contribution in [0.2, 0.25) is 0 Å². The number of nitrogens with two attached hydrogens (primary N) is 1. The highest BCUT2D eigenvalue weighted by atomic mass is 79.9. The van der Waals surface area contributed by atoms with Crippen molar-refractivity contribution >= 4 is 32.6 Å². The molecule has 0 bridgehead atoms. The van der Waals surface area contributed by atoms with Crippen molar-refractivity contribution < 1.29 is 9.53 Å². The van der Waals surface area contributed by atoms with Gasteiger partial charge in [-0.1, -0.05) is 30.3 Å². The second kappa shape index (κ2) is 5.54. The fraction of sp³-hybridized carbons (Fsp3) is 0. The van der Waals surface area contributed by atoms with Crippen molar-refractivity contribution in [3.63, 3.8) is 0 Å². The zero-order chi connectivity index (χ0) is 14.8. The zero-order valence-corrected chi connectivity index (χ0v) is 12.5. The van der Waals surface area contributed by atoms with Crippen molar-refractivity contribution in [1.82, 2.24) is 4.98 Å². The average Bonchev–Trinajstić information content (AvgIpc) is 2.51. The first-order valence-corrected chi connectivity index (χ1v) is 7.05. The van der Waals surface area contributed by atoms with E-state index in [9.17, 15) is 4.79 Å². The summed E-state index contributed by atoms with van der Waals surface area (Å²) in [6, 6.07) is 14.8. The van der Waals surface area contributed by atoms with Crippen molar-refractivity contribution in [3.05, 3.63) is 64.8 Å². The number of hydrogen-bond donors (Lipinski definition) is 1. The predicted molar refractivity (Wildman–Crippen MR) is 84.5 cm³/mol. The van der Waals surface area contributed by atoms with Gasteiger partial charge in [-0.05, 0) is 38.8 Å². The standard InChI is InChI=1S/C16H11BrN2O2/c17-15-12-4-2-1-3-10(12)5-6-13(15)21-14-9-11(16(18)20)7-8-19-14/h1-9H,(H2,18,20). The molecule has 0 aliphatic rings. The number of primary amides is 1. The fourth-order valence-corrected chi connectivity index (χ4v) is 2.60. The van der Waals surface area contributed by atoms with E-state index in [0.29, 0.717) is 17.2 Å². The molecule has 5 heteroatoms. The van der Waals surface area contributed by atoms with Crippen LogP contribution in [0.15, 0.2) is 59.2 Å². The number of amides is 1. The van der Waals surface area contributed by atoms with Crippen LogP contribution < -0.4 is 10.5 Å². The van der Waals surface area contributed by atoms with E-state index in [0.717, 1.165) is 15.2 Å². The number of hydrogen-bond acceptors (Lipinski definition) is 3. The summed E-state index contributed by atoms with van der Waals surface area (Å²) in [6.45, 7) is 0. The van der Waals surface area contributed by atoms with Crippen LogP contribution in [0.4, 0.5) is 0 Å². The van der Waals surface area contributed by atoms with Crippen molar-refractivity contribution in [2.75, 3.05) is 0 Å². The summed E-state index contributed by atoms with van der Waals surface area (Å²) in [4.78, 5) is 15.3. The van der Waals surface area contributed by atoms with Crippen molar-refractivity contribution in [2.24, 2.45) is 5.73 Å². The predicted octanol–water partition coefficient (Wildman–Crippen LogP) is 3.89. The molecule has 0 aliphatic carbocycles. The molecule has 3 aromatic rings. The molecule has 0 saturated carbocycles. The van der Waals surface area contributed by atoms with Gasteiger partial charge in [0.05, 0.1) is 4.47 Å². The Balaban J connectivity index is 2.00. The van der Waals surface area contributed by atoms with Crippen molar-refractivity contribution in [2.45, 2.75) is 0 Å². The number of benzene rings is 2. The first-order chi connectivity index (χ1) is 10.1. The molecule has 4 nitrogen and oxygen atoms in total. The normalized spacial score (nSPS) is 10.5. The highest BCUT2D eigenvalue weighted by molar-refractivity contribution is 9.10.